The number of nitrogens with one attached hydrogen (secondary N) is 1. The Bertz CT molecular complexity index is 1940. The number of halogens is 2. The molecule has 0 radical (unpaired) electrons. The Balaban J connectivity index is 1.10. The minimum Gasteiger partial charge on any atom is -0.455 e. The Kier molecular flexibility index (Phi) is 5.88. The zero-order valence-electron chi connectivity index (χ0n) is 25.0. The number of nitrogens with zero attached hydrogens (tertiary/aromatic N) is 3. The highest BCUT2D eigenvalue weighted by Gasteiger charge is 2.72. The lowest BCUT2D eigenvalue weighted by Gasteiger charge is -2.58. The van der Waals surface area contributed by atoms with Crippen molar-refractivity contribution in [1.29, 1.82) is 0 Å². The highest BCUT2D eigenvalue weighted by Crippen LogP contribution is 2.69. The molecule has 4 heterocycles. The number of imidazole rings is 1. The highest BCUT2D eigenvalue weighted by atomic mass is 19.3. The number of ether oxygens (including phenoxy) is 2. The Hall–Kier alpha value is -4.22. The summed E-state index contributed by atoms with van der Waals surface area (Å²) in [6.45, 7) is 0.838. The summed E-state index contributed by atoms with van der Waals surface area (Å²) in [5, 5.41) is 23.1. The molecular formula is C36H32F2N4O4. The van der Waals surface area contributed by atoms with E-state index in [1.54, 1.807) is 48.7 Å². The van der Waals surface area contributed by atoms with Gasteiger partial charge in [0.15, 0.2) is 17.2 Å². The Morgan fingerprint density at radius 3 is 2.70 bits per heavy atom. The number of alkyl halides is 2. The molecular weight excluding hydrogens is 590 g/mol. The number of pyridine rings is 1. The molecule has 5 aliphatic rings. The summed E-state index contributed by atoms with van der Waals surface area (Å²) >= 11 is 0. The number of H-pyrrole nitrogens is 1. The number of fused-ring (bicyclic) bond motifs is 1. The van der Waals surface area contributed by atoms with E-state index in [4.69, 9.17) is 14.5 Å². The molecule has 2 aliphatic heterocycles. The Morgan fingerprint density at radius 2 is 1.87 bits per heavy atom. The number of para-hydroxylation sites is 2. The van der Waals surface area contributed by atoms with Crippen LogP contribution < -0.4 is 4.74 Å². The fraction of sp³-hybridized carbons (Fsp3) is 0.333. The molecule has 0 amide bonds. The molecule has 9 rings (SSSR count). The van der Waals surface area contributed by atoms with Gasteiger partial charge in [0.25, 0.3) is 0 Å². The minimum atomic E-state index is -3.36. The van der Waals surface area contributed by atoms with Gasteiger partial charge in [0.05, 0.1) is 23.2 Å². The van der Waals surface area contributed by atoms with Gasteiger partial charge in [-0.2, -0.15) is 8.78 Å². The second-order valence-corrected chi connectivity index (χ2v) is 13.1. The first-order valence-corrected chi connectivity index (χ1v) is 15.7. The zero-order chi connectivity index (χ0) is 31.4. The van der Waals surface area contributed by atoms with Gasteiger partial charge in [0.2, 0.25) is 0 Å². The van der Waals surface area contributed by atoms with Gasteiger partial charge in [-0.25, -0.2) is 4.98 Å². The van der Waals surface area contributed by atoms with Crippen LogP contribution in [0.2, 0.25) is 0 Å². The predicted molar refractivity (Wildman–Crippen MR) is 165 cm³/mol. The molecule has 2 aromatic heterocycles. The molecule has 10 heteroatoms. The van der Waals surface area contributed by atoms with E-state index in [-0.39, 0.29) is 17.5 Å². The van der Waals surface area contributed by atoms with Crippen molar-refractivity contribution >= 4 is 11.0 Å². The maximum Gasteiger partial charge on any atom is 0.329 e. The average Bonchev–Trinajstić information content (AvgIpc) is 3.65. The number of aliphatic hydroxyl groups is 2. The zero-order valence-corrected chi connectivity index (χ0v) is 25.0. The predicted octanol–water partition coefficient (Wildman–Crippen LogP) is 5.35. The standard InChI is InChI=1S/C36H32F2N4O4/c1-42-18-16-34-23-13-14-27(43)32(34)46-35(29(44)15-8-20(30(34)35)19-26(23)42)31-28(7-4-17-39-31)45-22-11-9-21(10-12-22)36(37,38)33-40-24-5-2-3-6-25(24)41-33/h2-15,17,23,26-27,29,32,43-44H,16,18-19H2,1H3,(H,40,41)/t23-,26+,27-,29?,32-,34-,35?/m0/s1. The number of rotatable bonds is 5. The fourth-order valence-electron chi connectivity index (χ4n) is 8.82. The minimum absolute atomic E-state index is 0.105. The van der Waals surface area contributed by atoms with Crippen LogP contribution in [0.1, 0.15) is 29.9 Å². The molecule has 0 saturated carbocycles. The van der Waals surface area contributed by atoms with E-state index < -0.39 is 41.1 Å². The van der Waals surface area contributed by atoms with Crippen LogP contribution in [0, 0.1) is 11.3 Å². The number of benzene rings is 2. The fourth-order valence-corrected chi connectivity index (χ4v) is 8.82. The summed E-state index contributed by atoms with van der Waals surface area (Å²) < 4.78 is 44.4. The topological polar surface area (TPSA) is 104 Å². The number of aromatic amines is 1. The van der Waals surface area contributed by atoms with Crippen molar-refractivity contribution in [3.05, 3.63) is 119 Å². The van der Waals surface area contributed by atoms with E-state index >= 15 is 8.78 Å². The molecule has 2 aromatic carbocycles. The second-order valence-electron chi connectivity index (χ2n) is 13.1. The van der Waals surface area contributed by atoms with E-state index in [1.165, 1.54) is 24.3 Å². The van der Waals surface area contributed by atoms with Crippen molar-refractivity contribution in [2.45, 2.75) is 48.7 Å². The molecule has 3 N–H and O–H groups in total. The molecule has 2 unspecified atom stereocenters. The van der Waals surface area contributed by atoms with E-state index in [2.05, 4.69) is 28.0 Å². The molecule has 3 aliphatic carbocycles. The maximum absolute atomic E-state index is 15.5. The van der Waals surface area contributed by atoms with Gasteiger partial charge < -0.3 is 29.6 Å². The van der Waals surface area contributed by atoms with Crippen molar-refractivity contribution in [3.8, 4) is 11.5 Å². The number of likely N-dealkylation sites (tertiary alicyclic amines) is 1. The summed E-state index contributed by atoms with van der Waals surface area (Å²) in [5.41, 5.74) is 1.34. The summed E-state index contributed by atoms with van der Waals surface area (Å²) in [6.07, 6.45) is 8.38. The van der Waals surface area contributed by atoms with E-state index in [0.29, 0.717) is 28.2 Å². The summed E-state index contributed by atoms with van der Waals surface area (Å²) in [6, 6.07) is 16.2. The van der Waals surface area contributed by atoms with Crippen LogP contribution in [0.3, 0.4) is 0 Å². The molecule has 4 aromatic rings. The summed E-state index contributed by atoms with van der Waals surface area (Å²) in [7, 11) is 2.14. The molecule has 2 saturated heterocycles. The summed E-state index contributed by atoms with van der Waals surface area (Å²) in [4.78, 5) is 14.0. The van der Waals surface area contributed by atoms with E-state index in [1.807, 2.05) is 12.2 Å². The van der Waals surface area contributed by atoms with Gasteiger partial charge in [0, 0.05) is 29.1 Å². The molecule has 1 spiro atoms. The van der Waals surface area contributed by atoms with Crippen LogP contribution in [0.4, 0.5) is 8.78 Å². The van der Waals surface area contributed by atoms with Crippen molar-refractivity contribution in [1.82, 2.24) is 19.9 Å². The molecule has 8 nitrogen and oxygen atoms in total. The third-order valence-electron chi connectivity index (χ3n) is 10.8. The molecule has 7 atom stereocenters. The van der Waals surface area contributed by atoms with Crippen LogP contribution in [0.15, 0.2) is 102 Å². The average molecular weight is 623 g/mol. The lowest BCUT2D eigenvalue weighted by Crippen LogP contribution is -2.62. The SMILES string of the molecule is CN1CC[C@]23C4=C5C=CC(O)C4(c4ncccc4Oc4ccc(C(F)(F)c6nc7ccccc7[nH]6)cc4)O[C@H]2[C@@H](O)C=C[C@H]3[C@H]1C5. The van der Waals surface area contributed by atoms with Gasteiger partial charge in [-0.3, -0.25) is 4.98 Å². The van der Waals surface area contributed by atoms with Crippen LogP contribution in [0.25, 0.3) is 11.0 Å². The van der Waals surface area contributed by atoms with Crippen LogP contribution in [-0.2, 0) is 16.3 Å². The molecule has 46 heavy (non-hydrogen) atoms. The van der Waals surface area contributed by atoms with Crippen molar-refractivity contribution in [3.63, 3.8) is 0 Å². The molecule has 2 bridgehead atoms. The first-order valence-electron chi connectivity index (χ1n) is 15.7. The number of hydrogen-bond acceptors (Lipinski definition) is 7. The summed E-state index contributed by atoms with van der Waals surface area (Å²) in [5.74, 6) is -3.03. The van der Waals surface area contributed by atoms with Gasteiger partial charge in [-0.05, 0) is 86.1 Å². The van der Waals surface area contributed by atoms with E-state index in [9.17, 15) is 10.2 Å². The van der Waals surface area contributed by atoms with Crippen LogP contribution >= 0.6 is 0 Å². The maximum atomic E-state index is 15.5. The number of aromatic nitrogens is 3. The quantitative estimate of drug-likeness (QED) is 0.258. The molecule has 2 fully saturated rings. The van der Waals surface area contributed by atoms with Crippen molar-refractivity contribution < 1.29 is 28.5 Å². The Morgan fingerprint density at radius 1 is 1.04 bits per heavy atom. The first-order chi connectivity index (χ1) is 22.2. The van der Waals surface area contributed by atoms with Gasteiger partial charge >= 0.3 is 5.92 Å². The van der Waals surface area contributed by atoms with Crippen molar-refractivity contribution in [2.75, 3.05) is 13.6 Å². The first kappa shape index (κ1) is 28.0. The lowest BCUT2D eigenvalue weighted by atomic mass is 9.50. The molecule has 234 valence electrons. The monoisotopic (exact) mass is 622 g/mol. The third kappa shape index (κ3) is 3.61. The van der Waals surface area contributed by atoms with Crippen molar-refractivity contribution in [2.24, 2.45) is 11.3 Å². The van der Waals surface area contributed by atoms with Crippen LogP contribution in [-0.4, -0.2) is 68.0 Å². The third-order valence-corrected chi connectivity index (χ3v) is 10.8. The van der Waals surface area contributed by atoms with Gasteiger partial charge in [0.1, 0.15) is 17.5 Å². The normalized spacial score (nSPS) is 33.0. The number of allylic oxidation sites excluding steroid dienone is 1. The number of piperidine rings is 1. The number of aliphatic hydroxyl groups excluding tert-OH is 2. The van der Waals surface area contributed by atoms with E-state index in [0.717, 1.165) is 30.5 Å². The second kappa shape index (κ2) is 9.65. The lowest BCUT2D eigenvalue weighted by molar-refractivity contribution is -0.146. The highest BCUT2D eigenvalue weighted by molar-refractivity contribution is 5.75. The van der Waals surface area contributed by atoms with Crippen LogP contribution in [0.5, 0.6) is 11.5 Å². The Labute approximate surface area is 263 Å². The number of hydrogen-bond donors (Lipinski definition) is 3. The van der Waals surface area contributed by atoms with Gasteiger partial charge in [-0.15, -0.1) is 0 Å². The smallest absolute Gasteiger partial charge is 0.329 e. The largest absolute Gasteiger partial charge is 0.455 e. The van der Waals surface area contributed by atoms with Gasteiger partial charge in [-0.1, -0.05) is 36.4 Å².